The van der Waals surface area contributed by atoms with Gasteiger partial charge in [0.05, 0.1) is 37.1 Å². The maximum atomic E-state index is 13.1. The minimum absolute atomic E-state index is 0.0304. The molecule has 3 atom stereocenters. The fourth-order valence-electron chi connectivity index (χ4n) is 4.42. The van der Waals surface area contributed by atoms with Crippen LogP contribution in [0.15, 0.2) is 27.6 Å². The first-order chi connectivity index (χ1) is 23.2. The smallest absolute Gasteiger partial charge is 0.350 e. The van der Waals surface area contributed by atoms with Crippen LogP contribution in [0.5, 0.6) is 5.75 Å². The van der Waals surface area contributed by atoms with Crippen molar-refractivity contribution in [1.82, 2.24) is 39.6 Å². The molecule has 4 heterocycles. The zero-order chi connectivity index (χ0) is 37.3. The number of aromatic hydroxyl groups is 1. The number of nitrogens with two attached hydrogens (primary N) is 1. The number of β-lactam (4-membered cyclic amide) rings is 1. The summed E-state index contributed by atoms with van der Waals surface area (Å²) in [6, 6.07) is -5.08. The number of carboxylic acid groups (broad SMARTS) is 1. The van der Waals surface area contributed by atoms with E-state index in [9.17, 15) is 57.4 Å². The molecule has 9 N–H and O–H groups in total. The third-order valence-corrected chi connectivity index (χ3v) is 9.24. The molecule has 0 unspecified atom stereocenters. The normalized spacial score (nSPS) is 19.4. The van der Waals surface area contributed by atoms with Crippen LogP contribution in [0.4, 0.5) is 14.7 Å². The van der Waals surface area contributed by atoms with Gasteiger partial charge in [0, 0.05) is 17.9 Å². The van der Waals surface area contributed by atoms with Crippen molar-refractivity contribution in [2.75, 3.05) is 12.3 Å². The summed E-state index contributed by atoms with van der Waals surface area (Å²) < 4.78 is 28.1. The lowest BCUT2D eigenvalue weighted by atomic mass is 9.97. The largest absolute Gasteiger partial charge is 0.503 e. The Morgan fingerprint density at radius 2 is 1.88 bits per heavy atom. The van der Waals surface area contributed by atoms with Gasteiger partial charge in [0.15, 0.2) is 16.6 Å². The topological polar surface area (TPSA) is 334 Å². The first kappa shape index (κ1) is 36.8. The van der Waals surface area contributed by atoms with E-state index in [4.69, 9.17) is 10.6 Å². The molecular formula is C25H30N10O13S2. The van der Waals surface area contributed by atoms with Gasteiger partial charge in [-0.05, 0) is 20.8 Å². The number of carboxylic acids is 1. The van der Waals surface area contributed by atoms with E-state index in [2.05, 4.69) is 26.1 Å². The number of hydrogen-bond donors (Lipinski definition) is 8. The highest BCUT2D eigenvalue weighted by molar-refractivity contribution is 7.88. The van der Waals surface area contributed by atoms with Gasteiger partial charge in [-0.25, -0.2) is 28.4 Å². The number of urea groups is 2. The minimum Gasteiger partial charge on any atom is -0.503 e. The number of imide groups is 1. The predicted octanol–water partition coefficient (Wildman–Crippen LogP) is -2.82. The average molecular weight is 743 g/mol. The molecule has 0 aliphatic carbocycles. The number of rotatable bonds is 11. The maximum Gasteiger partial charge on any atom is 0.350 e. The van der Waals surface area contributed by atoms with Crippen LogP contribution in [0.1, 0.15) is 38.6 Å². The molecule has 2 aliphatic rings. The van der Waals surface area contributed by atoms with Gasteiger partial charge in [0.1, 0.15) is 11.7 Å². The van der Waals surface area contributed by atoms with Crippen LogP contribution in [0.3, 0.4) is 0 Å². The number of hydrogen-bond acceptors (Lipinski definition) is 16. The predicted molar refractivity (Wildman–Crippen MR) is 167 cm³/mol. The number of aliphatic carboxylic acids is 1. The van der Waals surface area contributed by atoms with Crippen molar-refractivity contribution in [2.45, 2.75) is 57.5 Å². The molecule has 25 heteroatoms. The summed E-state index contributed by atoms with van der Waals surface area (Å²) >= 11 is 0.927. The van der Waals surface area contributed by atoms with E-state index < -0.39 is 106 Å². The van der Waals surface area contributed by atoms with Crippen molar-refractivity contribution in [3.8, 4) is 5.75 Å². The summed E-state index contributed by atoms with van der Waals surface area (Å²) in [4.78, 5) is 96.0. The van der Waals surface area contributed by atoms with E-state index in [1.165, 1.54) is 12.3 Å². The summed E-state index contributed by atoms with van der Waals surface area (Å²) in [6.45, 7) is 2.62. The number of oxime groups is 1. The molecule has 0 saturated carbocycles. The molecule has 50 heavy (non-hydrogen) atoms. The fraction of sp³-hybridized carbons (Fsp3) is 0.400. The Hall–Kier alpha value is -5.98. The van der Waals surface area contributed by atoms with Gasteiger partial charge in [0.2, 0.25) is 16.9 Å². The van der Waals surface area contributed by atoms with Gasteiger partial charge >= 0.3 is 28.2 Å². The Bertz CT molecular complexity index is 1960. The fourth-order valence-corrected chi connectivity index (χ4v) is 6.11. The summed E-state index contributed by atoms with van der Waals surface area (Å²) in [7, 11) is -4.90. The monoisotopic (exact) mass is 742 g/mol. The second-order valence-electron chi connectivity index (χ2n) is 11.2. The zero-order valence-corrected chi connectivity index (χ0v) is 27.8. The Balaban J connectivity index is 1.34. The first-order valence-electron chi connectivity index (χ1n) is 14.1. The molecule has 2 fully saturated rings. The Labute approximate surface area is 284 Å². The number of nitrogens with zero attached hydrogens (tertiary/aromatic N) is 5. The molecule has 2 aromatic rings. The van der Waals surface area contributed by atoms with Crippen LogP contribution in [0, 0.1) is 0 Å². The molecule has 2 saturated heterocycles. The third kappa shape index (κ3) is 7.83. The quantitative estimate of drug-likeness (QED) is 0.0498. The SMILES string of the molecule is C[C@H]1[C@H](NC(=O)/C(=N\OC(C)(C)C(=O)O)c2csc(N)n2)C(=O)N1C(=O)NS(=O)(=O)N1C[C@@H](NC(=O)NCc2cc(=O)c(O)cn2O)CC1=O. The number of nitrogen functional groups attached to an aromatic ring is 1. The summed E-state index contributed by atoms with van der Waals surface area (Å²) in [5.41, 5.74) is 2.17. The highest BCUT2D eigenvalue weighted by Gasteiger charge is 2.51. The van der Waals surface area contributed by atoms with Gasteiger partial charge in [-0.1, -0.05) is 5.16 Å². The van der Waals surface area contributed by atoms with E-state index in [0.717, 1.165) is 31.3 Å². The molecule has 270 valence electrons. The van der Waals surface area contributed by atoms with Crippen molar-refractivity contribution in [3.05, 3.63) is 39.3 Å². The first-order valence-corrected chi connectivity index (χ1v) is 16.4. The lowest BCUT2D eigenvalue weighted by Gasteiger charge is -2.43. The second-order valence-corrected chi connectivity index (χ2v) is 13.7. The minimum atomic E-state index is -4.90. The number of pyridine rings is 1. The number of amides is 7. The van der Waals surface area contributed by atoms with Crippen LogP contribution in [-0.2, 0) is 40.8 Å². The Kier molecular flexibility index (Phi) is 10.2. The molecule has 23 nitrogen and oxygen atoms in total. The van der Waals surface area contributed by atoms with Crippen molar-refractivity contribution in [2.24, 2.45) is 5.16 Å². The number of likely N-dealkylation sites (tertiary alicyclic amines) is 1. The summed E-state index contributed by atoms with van der Waals surface area (Å²) in [5, 5.41) is 40.2. The van der Waals surface area contributed by atoms with E-state index in [-0.39, 0.29) is 20.8 Å². The van der Waals surface area contributed by atoms with Gasteiger partial charge in [-0.3, -0.25) is 24.1 Å². The van der Waals surface area contributed by atoms with E-state index in [1.54, 1.807) is 4.72 Å². The Morgan fingerprint density at radius 1 is 1.20 bits per heavy atom. The molecule has 0 bridgehead atoms. The molecule has 2 aromatic heterocycles. The number of anilines is 1. The second kappa shape index (κ2) is 13.9. The van der Waals surface area contributed by atoms with Gasteiger partial charge in [-0.15, -0.1) is 11.3 Å². The van der Waals surface area contributed by atoms with Crippen molar-refractivity contribution >= 4 is 68.1 Å². The standard InChI is InChI=1S/C25H30N10O13S2/c1-10-17(30-19(39)18(13-9-49-22(26)29-13)31-48-25(2,3)21(41)42)20(40)35(10)24(44)32-50(46,47)34-7-11(4-16(34)38)28-23(43)27-6-12-5-14(36)15(37)8-33(12)45/h5,8-11,17,37,45H,4,6-7H2,1-3H3,(H2,26,29)(H,30,39)(H,32,44)(H,41,42)(H2,27,28,43)/b31-18-/t10-,11-,17-/m0/s1. The Morgan fingerprint density at radius 3 is 2.48 bits per heavy atom. The van der Waals surface area contributed by atoms with E-state index >= 15 is 0 Å². The van der Waals surface area contributed by atoms with Crippen molar-refractivity contribution < 1.29 is 57.4 Å². The number of aromatic nitrogens is 2. The lowest BCUT2D eigenvalue weighted by molar-refractivity contribution is -0.161. The van der Waals surface area contributed by atoms with Crippen LogP contribution in [-0.4, -0.2) is 114 Å². The number of nitrogens with one attached hydrogen (secondary N) is 4. The van der Waals surface area contributed by atoms with Crippen LogP contribution in [0.25, 0.3) is 0 Å². The van der Waals surface area contributed by atoms with Crippen molar-refractivity contribution in [3.63, 3.8) is 0 Å². The zero-order valence-electron chi connectivity index (χ0n) is 26.1. The van der Waals surface area contributed by atoms with E-state index in [1.807, 2.05) is 0 Å². The summed E-state index contributed by atoms with van der Waals surface area (Å²) in [6.07, 6.45) is 0.213. The number of thiazole rings is 1. The average Bonchev–Trinajstić information content (AvgIpc) is 3.61. The molecule has 0 spiro atoms. The van der Waals surface area contributed by atoms with Gasteiger partial charge < -0.3 is 41.9 Å². The van der Waals surface area contributed by atoms with Crippen LogP contribution < -0.4 is 31.8 Å². The lowest BCUT2D eigenvalue weighted by Crippen LogP contribution is -2.73. The number of carbonyl (C=O) groups is 6. The molecular weight excluding hydrogens is 712 g/mol. The third-order valence-electron chi connectivity index (χ3n) is 7.20. The van der Waals surface area contributed by atoms with E-state index in [0.29, 0.717) is 15.8 Å². The molecule has 2 aliphatic heterocycles. The van der Waals surface area contributed by atoms with Gasteiger partial charge in [-0.2, -0.15) is 13.1 Å². The molecule has 4 rings (SSSR count). The van der Waals surface area contributed by atoms with Crippen LogP contribution >= 0.6 is 11.3 Å². The van der Waals surface area contributed by atoms with Gasteiger partial charge in [0.25, 0.3) is 11.8 Å². The maximum absolute atomic E-state index is 13.1. The van der Waals surface area contributed by atoms with Crippen LogP contribution in [0.2, 0.25) is 0 Å². The number of carbonyl (C=O) groups excluding carboxylic acids is 5. The molecule has 0 aromatic carbocycles. The highest BCUT2D eigenvalue weighted by Crippen LogP contribution is 2.22. The highest BCUT2D eigenvalue weighted by atomic mass is 32.2. The molecule has 0 radical (unpaired) electrons. The van der Waals surface area contributed by atoms with Crippen molar-refractivity contribution in [1.29, 1.82) is 0 Å². The summed E-state index contributed by atoms with van der Waals surface area (Å²) in [5.74, 6) is -5.26. The molecule has 7 amide bonds.